The topological polar surface area (TPSA) is 75.6 Å². The van der Waals surface area contributed by atoms with Crippen LogP contribution in [0.3, 0.4) is 0 Å². The van der Waals surface area contributed by atoms with E-state index in [1.54, 1.807) is 0 Å². The number of nitrogens with one attached hydrogen (secondary N) is 1. The molecule has 5 heteroatoms. The number of hydrogen-bond donors (Lipinski definition) is 2. The molecule has 1 aliphatic heterocycles. The highest BCUT2D eigenvalue weighted by Gasteiger charge is 2.41. The fourth-order valence-electron chi connectivity index (χ4n) is 2.40. The Morgan fingerprint density at radius 1 is 1.30 bits per heavy atom. The third-order valence-electron chi connectivity index (χ3n) is 3.75. The van der Waals surface area contributed by atoms with Crippen molar-refractivity contribution >= 4 is 11.9 Å². The largest absolute Gasteiger partial charge is 0.480 e. The number of hydrogen-bond acceptors (Lipinski definition) is 3. The van der Waals surface area contributed by atoms with Crippen LogP contribution >= 0.6 is 0 Å². The number of amides is 1. The van der Waals surface area contributed by atoms with Gasteiger partial charge in [0, 0.05) is 26.1 Å². The van der Waals surface area contributed by atoms with Gasteiger partial charge in [0.05, 0.1) is 6.42 Å². The minimum Gasteiger partial charge on any atom is -0.480 e. The molecular weight excluding hydrogens is 258 g/mol. The number of aryl methyl sites for hydroxylation is 1. The summed E-state index contributed by atoms with van der Waals surface area (Å²) in [6, 6.07) is 7.60. The molecule has 0 saturated carbocycles. The van der Waals surface area contributed by atoms with Gasteiger partial charge in [-0.25, -0.2) is 4.79 Å². The Labute approximate surface area is 117 Å². The van der Waals surface area contributed by atoms with Gasteiger partial charge in [0.1, 0.15) is 5.54 Å². The number of benzene rings is 1. The minimum absolute atomic E-state index is 0.197. The summed E-state index contributed by atoms with van der Waals surface area (Å²) in [7, 11) is 0. The molecule has 5 nitrogen and oxygen atoms in total. The predicted molar refractivity (Wildman–Crippen MR) is 73.4 cm³/mol. The van der Waals surface area contributed by atoms with Gasteiger partial charge in [0.25, 0.3) is 0 Å². The standard InChI is InChI=1S/C15H19NO4/c1-11-4-2-3-5-12(11)10-13(17)16-15(14(18)19)6-8-20-9-7-15/h2-5H,6-10H2,1H3,(H,16,17)(H,18,19). The molecule has 1 aromatic rings. The Hall–Kier alpha value is -1.88. The maximum atomic E-state index is 12.1. The quantitative estimate of drug-likeness (QED) is 0.869. The van der Waals surface area contributed by atoms with Gasteiger partial charge in [0.15, 0.2) is 0 Å². The molecular formula is C15H19NO4. The summed E-state index contributed by atoms with van der Waals surface area (Å²) in [6.07, 6.45) is 0.812. The molecule has 20 heavy (non-hydrogen) atoms. The molecule has 0 bridgehead atoms. The van der Waals surface area contributed by atoms with Crippen LogP contribution < -0.4 is 5.32 Å². The van der Waals surface area contributed by atoms with E-state index in [2.05, 4.69) is 5.32 Å². The molecule has 1 fully saturated rings. The molecule has 0 unspecified atom stereocenters. The van der Waals surface area contributed by atoms with E-state index in [1.807, 2.05) is 31.2 Å². The van der Waals surface area contributed by atoms with Gasteiger partial charge in [-0.05, 0) is 18.1 Å². The van der Waals surface area contributed by atoms with Crippen molar-refractivity contribution in [3.05, 3.63) is 35.4 Å². The van der Waals surface area contributed by atoms with Crippen LogP contribution in [0, 0.1) is 6.92 Å². The fourth-order valence-corrected chi connectivity index (χ4v) is 2.40. The molecule has 0 aliphatic carbocycles. The molecule has 0 radical (unpaired) electrons. The van der Waals surface area contributed by atoms with E-state index in [9.17, 15) is 14.7 Å². The molecule has 0 aromatic heterocycles. The zero-order valence-electron chi connectivity index (χ0n) is 11.5. The monoisotopic (exact) mass is 277 g/mol. The molecule has 2 N–H and O–H groups in total. The number of carboxylic acids is 1. The summed E-state index contributed by atoms with van der Waals surface area (Å²) in [4.78, 5) is 23.6. The second-order valence-corrected chi connectivity index (χ2v) is 5.15. The molecule has 1 amide bonds. The second kappa shape index (κ2) is 6.05. The highest BCUT2D eigenvalue weighted by atomic mass is 16.5. The summed E-state index contributed by atoms with van der Waals surface area (Å²) in [5.74, 6) is -1.25. The van der Waals surface area contributed by atoms with Gasteiger partial charge in [-0.15, -0.1) is 0 Å². The Morgan fingerprint density at radius 2 is 1.95 bits per heavy atom. The first-order chi connectivity index (χ1) is 9.53. The number of aliphatic carboxylic acids is 1. The van der Waals surface area contributed by atoms with Crippen LogP contribution in [0.5, 0.6) is 0 Å². The molecule has 1 heterocycles. The number of rotatable bonds is 4. The predicted octanol–water partition coefficient (Wildman–Crippen LogP) is 1.29. The normalized spacial score (nSPS) is 17.4. The van der Waals surface area contributed by atoms with Crippen LogP contribution in [0.25, 0.3) is 0 Å². The molecule has 108 valence electrons. The lowest BCUT2D eigenvalue weighted by molar-refractivity contribution is -0.152. The minimum atomic E-state index is -1.18. The van der Waals surface area contributed by atoms with Gasteiger partial charge in [0.2, 0.25) is 5.91 Å². The van der Waals surface area contributed by atoms with E-state index >= 15 is 0 Å². The van der Waals surface area contributed by atoms with Crippen LogP contribution in [0.2, 0.25) is 0 Å². The van der Waals surface area contributed by atoms with Crippen molar-refractivity contribution < 1.29 is 19.4 Å². The van der Waals surface area contributed by atoms with Crippen molar-refractivity contribution in [3.63, 3.8) is 0 Å². The zero-order valence-corrected chi connectivity index (χ0v) is 11.5. The van der Waals surface area contributed by atoms with Crippen LogP contribution in [-0.4, -0.2) is 35.7 Å². The van der Waals surface area contributed by atoms with Crippen LogP contribution in [0.4, 0.5) is 0 Å². The highest BCUT2D eigenvalue weighted by Crippen LogP contribution is 2.21. The third kappa shape index (κ3) is 3.17. The van der Waals surface area contributed by atoms with Gasteiger partial charge >= 0.3 is 5.97 Å². The third-order valence-corrected chi connectivity index (χ3v) is 3.75. The average molecular weight is 277 g/mol. The van der Waals surface area contributed by atoms with E-state index in [0.717, 1.165) is 11.1 Å². The van der Waals surface area contributed by atoms with Crippen molar-refractivity contribution in [3.8, 4) is 0 Å². The highest BCUT2D eigenvalue weighted by molar-refractivity contribution is 5.88. The Kier molecular flexibility index (Phi) is 4.39. The molecule has 2 rings (SSSR count). The van der Waals surface area contributed by atoms with E-state index in [4.69, 9.17) is 4.74 Å². The number of carbonyl (C=O) groups is 2. The van der Waals surface area contributed by atoms with Crippen molar-refractivity contribution in [1.82, 2.24) is 5.32 Å². The summed E-state index contributed by atoms with van der Waals surface area (Å²) < 4.78 is 5.18. The van der Waals surface area contributed by atoms with Crippen LogP contribution in [-0.2, 0) is 20.7 Å². The number of carboxylic acid groups (broad SMARTS) is 1. The smallest absolute Gasteiger partial charge is 0.329 e. The second-order valence-electron chi connectivity index (χ2n) is 5.15. The van der Waals surface area contributed by atoms with Gasteiger partial charge < -0.3 is 15.2 Å². The van der Waals surface area contributed by atoms with Crippen molar-refractivity contribution in [2.24, 2.45) is 0 Å². The Bertz CT molecular complexity index is 506. The first-order valence-electron chi connectivity index (χ1n) is 6.70. The zero-order chi connectivity index (χ0) is 14.6. The molecule has 0 atom stereocenters. The van der Waals surface area contributed by atoms with Crippen molar-refractivity contribution in [1.29, 1.82) is 0 Å². The van der Waals surface area contributed by atoms with E-state index in [1.165, 1.54) is 0 Å². The lowest BCUT2D eigenvalue weighted by Crippen LogP contribution is -2.57. The molecule has 1 saturated heterocycles. The number of carbonyl (C=O) groups excluding carboxylic acids is 1. The number of ether oxygens (including phenoxy) is 1. The lowest BCUT2D eigenvalue weighted by Gasteiger charge is -2.33. The summed E-state index contributed by atoms with van der Waals surface area (Å²) in [6.45, 7) is 2.65. The van der Waals surface area contributed by atoms with Crippen molar-refractivity contribution in [2.75, 3.05) is 13.2 Å². The first kappa shape index (κ1) is 14.5. The molecule has 1 aromatic carbocycles. The van der Waals surface area contributed by atoms with Crippen molar-refractivity contribution in [2.45, 2.75) is 31.7 Å². The van der Waals surface area contributed by atoms with Gasteiger partial charge in [-0.1, -0.05) is 24.3 Å². The van der Waals surface area contributed by atoms with E-state index < -0.39 is 11.5 Å². The lowest BCUT2D eigenvalue weighted by atomic mass is 9.89. The fraction of sp³-hybridized carbons (Fsp3) is 0.467. The van der Waals surface area contributed by atoms with E-state index in [0.29, 0.717) is 26.1 Å². The maximum absolute atomic E-state index is 12.1. The molecule has 1 aliphatic rings. The van der Waals surface area contributed by atoms with Gasteiger partial charge in [-0.3, -0.25) is 4.79 Å². The summed E-state index contributed by atoms with van der Waals surface area (Å²) in [5.41, 5.74) is 0.759. The van der Waals surface area contributed by atoms with Crippen LogP contribution in [0.1, 0.15) is 24.0 Å². The maximum Gasteiger partial charge on any atom is 0.329 e. The Morgan fingerprint density at radius 3 is 2.55 bits per heavy atom. The van der Waals surface area contributed by atoms with Gasteiger partial charge in [-0.2, -0.15) is 0 Å². The van der Waals surface area contributed by atoms with Crippen LogP contribution in [0.15, 0.2) is 24.3 Å². The molecule has 0 spiro atoms. The summed E-state index contributed by atoms with van der Waals surface area (Å²) in [5, 5.41) is 12.1. The first-order valence-corrected chi connectivity index (χ1v) is 6.70. The van der Waals surface area contributed by atoms with E-state index in [-0.39, 0.29) is 12.3 Å². The summed E-state index contributed by atoms with van der Waals surface area (Å²) >= 11 is 0. The average Bonchev–Trinajstić information content (AvgIpc) is 2.42. The SMILES string of the molecule is Cc1ccccc1CC(=O)NC1(C(=O)O)CCOCC1. The Balaban J connectivity index is 2.06.